The topological polar surface area (TPSA) is 26.0 Å². The van der Waals surface area contributed by atoms with Crippen LogP contribution in [0.5, 0.6) is 0 Å². The SMILES string of the molecule is Cc1cc(C(C)(C)N)c(C)c(C)c1C. The summed E-state index contributed by atoms with van der Waals surface area (Å²) in [7, 11) is 0. The highest BCUT2D eigenvalue weighted by Gasteiger charge is 2.19. The highest BCUT2D eigenvalue weighted by atomic mass is 14.7. The second kappa shape index (κ2) is 3.39. The number of hydrogen-bond donors (Lipinski definition) is 1. The average molecular weight is 191 g/mol. The van der Waals surface area contributed by atoms with Crippen LogP contribution in [-0.2, 0) is 5.54 Å². The molecule has 0 unspecified atom stereocenters. The van der Waals surface area contributed by atoms with Crippen molar-refractivity contribution in [3.63, 3.8) is 0 Å². The van der Waals surface area contributed by atoms with Crippen LogP contribution in [0.3, 0.4) is 0 Å². The molecule has 0 heterocycles. The molecule has 0 spiro atoms. The highest BCUT2D eigenvalue weighted by molar-refractivity contribution is 5.46. The van der Waals surface area contributed by atoms with Gasteiger partial charge >= 0.3 is 0 Å². The van der Waals surface area contributed by atoms with E-state index in [2.05, 4.69) is 47.6 Å². The molecule has 0 saturated heterocycles. The molecule has 0 aliphatic heterocycles. The van der Waals surface area contributed by atoms with Crippen LogP contribution in [0.4, 0.5) is 0 Å². The Morgan fingerprint density at radius 1 is 0.929 bits per heavy atom. The molecular formula is C13H21N. The summed E-state index contributed by atoms with van der Waals surface area (Å²) in [4.78, 5) is 0. The molecule has 1 nitrogen and oxygen atoms in total. The number of benzene rings is 1. The van der Waals surface area contributed by atoms with E-state index in [4.69, 9.17) is 5.73 Å². The first-order chi connectivity index (χ1) is 6.25. The van der Waals surface area contributed by atoms with Gasteiger partial charge in [0.2, 0.25) is 0 Å². The second-order valence-corrected chi connectivity index (χ2v) is 4.84. The maximum Gasteiger partial charge on any atom is 0.0355 e. The zero-order valence-corrected chi connectivity index (χ0v) is 10.2. The van der Waals surface area contributed by atoms with E-state index < -0.39 is 0 Å². The Labute approximate surface area is 87.3 Å². The van der Waals surface area contributed by atoms with E-state index in [-0.39, 0.29) is 5.54 Å². The lowest BCUT2D eigenvalue weighted by Gasteiger charge is -2.25. The molecular weight excluding hydrogens is 170 g/mol. The smallest absolute Gasteiger partial charge is 0.0355 e. The fourth-order valence-corrected chi connectivity index (χ4v) is 1.88. The minimum Gasteiger partial charge on any atom is -0.322 e. The Balaban J connectivity index is 3.49. The summed E-state index contributed by atoms with van der Waals surface area (Å²) in [6.45, 7) is 12.8. The molecule has 1 aromatic carbocycles. The maximum atomic E-state index is 6.15. The van der Waals surface area contributed by atoms with Gasteiger partial charge in [0.05, 0.1) is 0 Å². The fourth-order valence-electron chi connectivity index (χ4n) is 1.88. The molecule has 14 heavy (non-hydrogen) atoms. The van der Waals surface area contributed by atoms with Crippen LogP contribution in [-0.4, -0.2) is 0 Å². The molecule has 0 aliphatic rings. The Kier molecular flexibility index (Phi) is 2.73. The number of hydrogen-bond acceptors (Lipinski definition) is 1. The van der Waals surface area contributed by atoms with Crippen molar-refractivity contribution in [1.29, 1.82) is 0 Å². The van der Waals surface area contributed by atoms with Crippen molar-refractivity contribution in [2.45, 2.75) is 47.1 Å². The molecule has 0 fully saturated rings. The van der Waals surface area contributed by atoms with Gasteiger partial charge in [-0.3, -0.25) is 0 Å². The average Bonchev–Trinajstić information content (AvgIpc) is 2.06. The van der Waals surface area contributed by atoms with Crippen LogP contribution in [0.2, 0.25) is 0 Å². The quantitative estimate of drug-likeness (QED) is 0.725. The monoisotopic (exact) mass is 191 g/mol. The summed E-state index contributed by atoms with van der Waals surface area (Å²) in [6, 6.07) is 2.22. The van der Waals surface area contributed by atoms with Gasteiger partial charge in [0, 0.05) is 5.54 Å². The van der Waals surface area contributed by atoms with Crippen molar-refractivity contribution in [3.05, 3.63) is 33.9 Å². The maximum absolute atomic E-state index is 6.15. The molecule has 78 valence electrons. The van der Waals surface area contributed by atoms with Gasteiger partial charge in [0.15, 0.2) is 0 Å². The fraction of sp³-hybridized carbons (Fsp3) is 0.538. The van der Waals surface area contributed by atoms with Crippen LogP contribution in [0.1, 0.15) is 41.7 Å². The highest BCUT2D eigenvalue weighted by Crippen LogP contribution is 2.27. The lowest BCUT2D eigenvalue weighted by atomic mass is 9.85. The van der Waals surface area contributed by atoms with Crippen LogP contribution in [0, 0.1) is 27.7 Å². The molecule has 1 aromatic rings. The zero-order valence-electron chi connectivity index (χ0n) is 10.2. The third-order valence-electron chi connectivity index (χ3n) is 3.18. The summed E-state index contributed by atoms with van der Waals surface area (Å²) in [5.41, 5.74) is 12.6. The lowest BCUT2D eigenvalue weighted by Crippen LogP contribution is -2.30. The van der Waals surface area contributed by atoms with Crippen molar-refractivity contribution in [3.8, 4) is 0 Å². The summed E-state index contributed by atoms with van der Waals surface area (Å²) >= 11 is 0. The molecule has 0 radical (unpaired) electrons. The normalized spacial score (nSPS) is 11.9. The van der Waals surface area contributed by atoms with Crippen molar-refractivity contribution >= 4 is 0 Å². The zero-order chi connectivity index (χ0) is 11.1. The molecule has 1 heteroatoms. The second-order valence-electron chi connectivity index (χ2n) is 4.84. The van der Waals surface area contributed by atoms with Gasteiger partial charge in [-0.2, -0.15) is 0 Å². The first kappa shape index (κ1) is 11.3. The molecule has 0 bridgehead atoms. The Morgan fingerprint density at radius 3 is 1.86 bits per heavy atom. The third-order valence-corrected chi connectivity index (χ3v) is 3.18. The van der Waals surface area contributed by atoms with Gasteiger partial charge in [-0.25, -0.2) is 0 Å². The number of nitrogens with two attached hydrogens (primary N) is 1. The standard InChI is InChI=1S/C13H21N/c1-8-7-12(13(5,6)14)11(4)10(3)9(8)2/h7H,14H2,1-6H3. The Bertz CT molecular complexity index is 356. The Hall–Kier alpha value is -0.820. The van der Waals surface area contributed by atoms with Gasteiger partial charge in [-0.15, -0.1) is 0 Å². The van der Waals surface area contributed by atoms with Crippen molar-refractivity contribution in [1.82, 2.24) is 0 Å². The van der Waals surface area contributed by atoms with Crippen molar-refractivity contribution < 1.29 is 0 Å². The molecule has 0 amide bonds. The van der Waals surface area contributed by atoms with E-state index in [1.807, 2.05) is 0 Å². The minimum atomic E-state index is -0.243. The molecule has 0 saturated carbocycles. The largest absolute Gasteiger partial charge is 0.322 e. The van der Waals surface area contributed by atoms with Crippen molar-refractivity contribution in [2.75, 3.05) is 0 Å². The summed E-state index contributed by atoms with van der Waals surface area (Å²) < 4.78 is 0. The first-order valence-electron chi connectivity index (χ1n) is 5.12. The van der Waals surface area contributed by atoms with Crippen LogP contribution in [0.15, 0.2) is 6.07 Å². The summed E-state index contributed by atoms with van der Waals surface area (Å²) in [5.74, 6) is 0. The van der Waals surface area contributed by atoms with Crippen LogP contribution < -0.4 is 5.73 Å². The van der Waals surface area contributed by atoms with E-state index >= 15 is 0 Å². The van der Waals surface area contributed by atoms with E-state index in [1.165, 1.54) is 27.8 Å². The number of aryl methyl sites for hydroxylation is 1. The van der Waals surface area contributed by atoms with E-state index in [0.717, 1.165) is 0 Å². The van der Waals surface area contributed by atoms with Crippen LogP contribution in [0.25, 0.3) is 0 Å². The molecule has 0 atom stereocenters. The third kappa shape index (κ3) is 1.83. The van der Waals surface area contributed by atoms with E-state index in [0.29, 0.717) is 0 Å². The molecule has 1 rings (SSSR count). The van der Waals surface area contributed by atoms with Gasteiger partial charge in [0.1, 0.15) is 0 Å². The molecule has 0 aliphatic carbocycles. The first-order valence-corrected chi connectivity index (χ1v) is 5.12. The lowest BCUT2D eigenvalue weighted by molar-refractivity contribution is 0.549. The van der Waals surface area contributed by atoms with Crippen LogP contribution >= 0.6 is 0 Å². The summed E-state index contributed by atoms with van der Waals surface area (Å²) in [6.07, 6.45) is 0. The predicted molar refractivity (Wildman–Crippen MR) is 62.6 cm³/mol. The van der Waals surface area contributed by atoms with E-state index in [9.17, 15) is 0 Å². The Morgan fingerprint density at radius 2 is 1.43 bits per heavy atom. The van der Waals surface area contributed by atoms with E-state index in [1.54, 1.807) is 0 Å². The predicted octanol–water partition coefficient (Wildman–Crippen LogP) is 3.11. The minimum absolute atomic E-state index is 0.243. The molecule has 2 N–H and O–H groups in total. The van der Waals surface area contributed by atoms with Gasteiger partial charge in [-0.1, -0.05) is 6.07 Å². The van der Waals surface area contributed by atoms with Crippen molar-refractivity contribution in [2.24, 2.45) is 5.73 Å². The van der Waals surface area contributed by atoms with Gasteiger partial charge in [0.25, 0.3) is 0 Å². The number of rotatable bonds is 1. The van der Waals surface area contributed by atoms with Gasteiger partial charge < -0.3 is 5.73 Å². The molecule has 0 aromatic heterocycles. The van der Waals surface area contributed by atoms with Gasteiger partial charge in [-0.05, 0) is 69.4 Å². The summed E-state index contributed by atoms with van der Waals surface area (Å²) in [5, 5.41) is 0.